The molecular formula is C20H22N4O3S. The van der Waals surface area contributed by atoms with E-state index in [9.17, 15) is 9.59 Å². The first-order chi connectivity index (χ1) is 13.5. The van der Waals surface area contributed by atoms with Gasteiger partial charge in [0.05, 0.1) is 5.69 Å². The molecule has 0 spiro atoms. The predicted octanol–water partition coefficient (Wildman–Crippen LogP) is 3.37. The van der Waals surface area contributed by atoms with Crippen LogP contribution in [0.2, 0.25) is 0 Å². The minimum atomic E-state index is -0.446. The van der Waals surface area contributed by atoms with Crippen LogP contribution in [0.25, 0.3) is 10.6 Å². The predicted molar refractivity (Wildman–Crippen MR) is 107 cm³/mol. The van der Waals surface area contributed by atoms with E-state index < -0.39 is 5.91 Å². The maximum Gasteiger partial charge on any atom is 0.289 e. The Balaban J connectivity index is 1.52. The molecule has 0 aliphatic heterocycles. The number of nitrogens with one attached hydrogen (secondary N) is 2. The molecule has 2 heterocycles. The molecule has 0 bridgehead atoms. The quantitative estimate of drug-likeness (QED) is 0.621. The molecule has 0 aliphatic carbocycles. The monoisotopic (exact) mass is 398 g/mol. The number of carbonyl (C=O) groups is 2. The minimum absolute atomic E-state index is 0.218. The summed E-state index contributed by atoms with van der Waals surface area (Å²) in [4.78, 5) is 28.6. The number of nitrogens with zero attached hydrogens (tertiary/aromatic N) is 2. The molecule has 0 saturated heterocycles. The molecule has 146 valence electrons. The summed E-state index contributed by atoms with van der Waals surface area (Å²) in [6, 6.07) is 8.09. The zero-order valence-corrected chi connectivity index (χ0v) is 16.9. The summed E-state index contributed by atoms with van der Waals surface area (Å²) in [6.07, 6.45) is 1.69. The second-order valence-electron chi connectivity index (χ2n) is 6.39. The first-order valence-corrected chi connectivity index (χ1v) is 9.91. The highest BCUT2D eigenvalue weighted by molar-refractivity contribution is 7.13. The van der Waals surface area contributed by atoms with Crippen molar-refractivity contribution in [1.82, 2.24) is 21.0 Å². The fourth-order valence-corrected chi connectivity index (χ4v) is 3.55. The second kappa shape index (κ2) is 8.79. The Labute approximate surface area is 167 Å². The molecule has 0 unspecified atom stereocenters. The van der Waals surface area contributed by atoms with E-state index in [0.29, 0.717) is 12.2 Å². The zero-order valence-electron chi connectivity index (χ0n) is 16.0. The molecule has 0 saturated carbocycles. The third-order valence-corrected chi connectivity index (χ3v) is 5.34. The number of hydrazine groups is 1. The fraction of sp³-hybridized carbons (Fsp3) is 0.300. The van der Waals surface area contributed by atoms with Crippen LogP contribution in [0.4, 0.5) is 0 Å². The molecule has 3 aromatic rings. The number of carbonyl (C=O) groups excluding carboxylic acids is 2. The molecule has 7 nitrogen and oxygen atoms in total. The Kier molecular flexibility index (Phi) is 6.20. The highest BCUT2D eigenvalue weighted by Gasteiger charge is 2.14. The Morgan fingerprint density at radius 2 is 1.89 bits per heavy atom. The number of thiazole rings is 1. The van der Waals surface area contributed by atoms with Gasteiger partial charge in [-0.15, -0.1) is 11.3 Å². The average Bonchev–Trinajstić information content (AvgIpc) is 3.32. The average molecular weight is 398 g/mol. The van der Waals surface area contributed by atoms with Gasteiger partial charge >= 0.3 is 0 Å². The lowest BCUT2D eigenvalue weighted by Crippen LogP contribution is -2.41. The molecule has 3 rings (SSSR count). The summed E-state index contributed by atoms with van der Waals surface area (Å²) < 4.78 is 5.08. The van der Waals surface area contributed by atoms with Gasteiger partial charge in [0, 0.05) is 22.9 Å². The first-order valence-electron chi connectivity index (χ1n) is 9.03. The van der Waals surface area contributed by atoms with Crippen molar-refractivity contribution in [3.63, 3.8) is 0 Å². The maximum atomic E-state index is 12.2. The Bertz CT molecular complexity index is 956. The van der Waals surface area contributed by atoms with Crippen LogP contribution in [0.15, 0.2) is 34.2 Å². The minimum Gasteiger partial charge on any atom is -0.361 e. The van der Waals surface area contributed by atoms with E-state index in [1.54, 1.807) is 5.38 Å². The highest BCUT2D eigenvalue weighted by atomic mass is 32.1. The van der Waals surface area contributed by atoms with Gasteiger partial charge in [-0.2, -0.15) is 0 Å². The fourth-order valence-electron chi connectivity index (χ4n) is 2.74. The number of amides is 2. The molecule has 0 atom stereocenters. The van der Waals surface area contributed by atoms with Crippen LogP contribution in [-0.2, 0) is 17.6 Å². The van der Waals surface area contributed by atoms with Crippen LogP contribution in [0, 0.1) is 13.8 Å². The van der Waals surface area contributed by atoms with Gasteiger partial charge in [0.1, 0.15) is 16.5 Å². The topological polar surface area (TPSA) is 97.1 Å². The number of hydrogen-bond donors (Lipinski definition) is 2. The van der Waals surface area contributed by atoms with Gasteiger partial charge in [-0.05, 0) is 32.3 Å². The van der Waals surface area contributed by atoms with Crippen molar-refractivity contribution in [3.8, 4) is 10.6 Å². The number of rotatable bonds is 6. The smallest absolute Gasteiger partial charge is 0.289 e. The summed E-state index contributed by atoms with van der Waals surface area (Å²) in [5.41, 5.74) is 9.00. The van der Waals surface area contributed by atoms with E-state index in [-0.39, 0.29) is 18.0 Å². The van der Waals surface area contributed by atoms with Crippen LogP contribution in [0.3, 0.4) is 0 Å². The molecule has 0 aliphatic rings. The van der Waals surface area contributed by atoms with Gasteiger partial charge in [0.15, 0.2) is 0 Å². The number of aryl methyl sites for hydroxylation is 3. The Hall–Kier alpha value is -3.00. The van der Waals surface area contributed by atoms with E-state index in [4.69, 9.17) is 4.52 Å². The van der Waals surface area contributed by atoms with Crippen molar-refractivity contribution in [2.75, 3.05) is 0 Å². The normalized spacial score (nSPS) is 10.7. The van der Waals surface area contributed by atoms with Crippen molar-refractivity contribution in [1.29, 1.82) is 0 Å². The van der Waals surface area contributed by atoms with Crippen LogP contribution in [-0.4, -0.2) is 22.0 Å². The maximum absolute atomic E-state index is 12.2. The van der Waals surface area contributed by atoms with Gasteiger partial charge < -0.3 is 4.52 Å². The van der Waals surface area contributed by atoms with Crippen LogP contribution >= 0.6 is 11.3 Å². The Morgan fingerprint density at radius 3 is 2.54 bits per heavy atom. The van der Waals surface area contributed by atoms with Crippen LogP contribution in [0.5, 0.6) is 0 Å². The molecule has 2 N–H and O–H groups in total. The second-order valence-corrected chi connectivity index (χ2v) is 7.25. The van der Waals surface area contributed by atoms with Crippen LogP contribution in [0.1, 0.15) is 46.4 Å². The molecule has 0 radical (unpaired) electrons. The van der Waals surface area contributed by atoms with Gasteiger partial charge in [-0.25, -0.2) is 4.98 Å². The standard InChI is InChI=1S/C20H22N4O3S/c1-4-14-5-7-15(8-6-14)20-21-17(11-28-20)19(26)23-22-18(25)10-9-16-12(2)24-27-13(16)3/h5-8,11H,4,9-10H2,1-3H3,(H,22,25)(H,23,26). The summed E-state index contributed by atoms with van der Waals surface area (Å²) in [6.45, 7) is 5.75. The first kappa shape index (κ1) is 19.8. The lowest BCUT2D eigenvalue weighted by molar-refractivity contribution is -0.121. The summed E-state index contributed by atoms with van der Waals surface area (Å²) in [5, 5.41) is 6.30. The van der Waals surface area contributed by atoms with Gasteiger partial charge in [0.2, 0.25) is 5.91 Å². The lowest BCUT2D eigenvalue weighted by atomic mass is 10.1. The molecule has 1 aromatic carbocycles. The van der Waals surface area contributed by atoms with E-state index in [2.05, 4.69) is 40.0 Å². The third-order valence-electron chi connectivity index (χ3n) is 4.44. The van der Waals surface area contributed by atoms with Crippen molar-refractivity contribution >= 4 is 23.2 Å². The van der Waals surface area contributed by atoms with Gasteiger partial charge in [-0.1, -0.05) is 36.3 Å². The number of hydrogen-bond acceptors (Lipinski definition) is 6. The molecule has 28 heavy (non-hydrogen) atoms. The van der Waals surface area contributed by atoms with E-state index in [1.807, 2.05) is 26.0 Å². The van der Waals surface area contributed by atoms with Crippen LogP contribution < -0.4 is 10.9 Å². The van der Waals surface area contributed by atoms with Gasteiger partial charge in [0.25, 0.3) is 5.91 Å². The van der Waals surface area contributed by atoms with Crippen molar-refractivity contribution in [2.24, 2.45) is 0 Å². The van der Waals surface area contributed by atoms with Crippen molar-refractivity contribution < 1.29 is 14.1 Å². The number of aromatic nitrogens is 2. The molecule has 2 amide bonds. The van der Waals surface area contributed by atoms with E-state index in [0.717, 1.165) is 28.2 Å². The molecule has 0 fully saturated rings. The SMILES string of the molecule is CCc1ccc(-c2nc(C(=O)NNC(=O)CCc3c(C)noc3C)cs2)cc1. The highest BCUT2D eigenvalue weighted by Crippen LogP contribution is 2.24. The molecular weight excluding hydrogens is 376 g/mol. The van der Waals surface area contributed by atoms with Crippen molar-refractivity contribution in [3.05, 3.63) is 57.9 Å². The Morgan fingerprint density at radius 1 is 1.14 bits per heavy atom. The van der Waals surface area contributed by atoms with E-state index in [1.165, 1.54) is 16.9 Å². The summed E-state index contributed by atoms with van der Waals surface area (Å²) in [5.74, 6) is -0.0337. The largest absolute Gasteiger partial charge is 0.361 e. The van der Waals surface area contributed by atoms with Crippen molar-refractivity contribution in [2.45, 2.75) is 40.0 Å². The number of benzene rings is 1. The zero-order chi connectivity index (χ0) is 20.1. The third kappa shape index (κ3) is 4.64. The molecule has 2 aromatic heterocycles. The summed E-state index contributed by atoms with van der Waals surface area (Å²) in [7, 11) is 0. The lowest BCUT2D eigenvalue weighted by Gasteiger charge is -2.06. The van der Waals surface area contributed by atoms with Gasteiger partial charge in [-0.3, -0.25) is 20.4 Å². The summed E-state index contributed by atoms with van der Waals surface area (Å²) >= 11 is 1.39. The van der Waals surface area contributed by atoms with E-state index >= 15 is 0 Å². The molecule has 8 heteroatoms.